The first kappa shape index (κ1) is 19.6. The van der Waals surface area contributed by atoms with Gasteiger partial charge >= 0.3 is 0 Å². The molecule has 3 aromatic carbocycles. The molecule has 5 aromatic rings. The quantitative estimate of drug-likeness (QED) is 0.314. The summed E-state index contributed by atoms with van der Waals surface area (Å²) in [6.45, 7) is 0. The first-order valence-electron chi connectivity index (χ1n) is 12.9. The van der Waals surface area contributed by atoms with Gasteiger partial charge in [-0.1, -0.05) is 66.7 Å². The molecule has 5 nitrogen and oxygen atoms in total. The average Bonchev–Trinajstić information content (AvgIpc) is 3.38. The van der Waals surface area contributed by atoms with Gasteiger partial charge in [-0.15, -0.1) is 0 Å². The predicted octanol–water partition coefficient (Wildman–Crippen LogP) is 6.40. The zero-order valence-corrected chi connectivity index (χ0v) is 19.6. The molecule has 35 heavy (non-hydrogen) atoms. The lowest BCUT2D eigenvalue weighted by atomic mass is 9.78. The summed E-state index contributed by atoms with van der Waals surface area (Å²) in [5.74, 6) is 4.12. The molecule has 5 heteroatoms. The number of hydrogen-bond donors (Lipinski definition) is 0. The third-order valence-corrected chi connectivity index (χ3v) is 8.70. The number of benzene rings is 3. The fourth-order valence-corrected chi connectivity index (χ4v) is 7.22. The van der Waals surface area contributed by atoms with Gasteiger partial charge in [-0.3, -0.25) is 4.57 Å². The SMILES string of the molecule is c1ccc(-c2nc(N3C4CCC5CC3CC5C4)nc(-n3c4ccccc4c4ccccc43)n2)cc1. The van der Waals surface area contributed by atoms with E-state index in [1.54, 1.807) is 0 Å². The number of fused-ring (bicyclic) bond motifs is 5. The van der Waals surface area contributed by atoms with Crippen molar-refractivity contribution in [2.75, 3.05) is 4.90 Å². The minimum Gasteiger partial charge on any atom is -0.335 e. The van der Waals surface area contributed by atoms with Gasteiger partial charge in [-0.25, -0.2) is 0 Å². The van der Waals surface area contributed by atoms with Crippen molar-refractivity contribution in [2.45, 2.75) is 44.2 Å². The number of para-hydroxylation sites is 2. The molecule has 2 aromatic heterocycles. The Morgan fingerprint density at radius 1 is 0.571 bits per heavy atom. The normalized spacial score (nSPS) is 25.1. The molecule has 172 valence electrons. The van der Waals surface area contributed by atoms with Gasteiger partial charge in [0.05, 0.1) is 11.0 Å². The van der Waals surface area contributed by atoms with Crippen LogP contribution in [0.15, 0.2) is 78.9 Å². The first-order chi connectivity index (χ1) is 17.3. The number of aromatic nitrogens is 4. The van der Waals surface area contributed by atoms with Crippen LogP contribution >= 0.6 is 0 Å². The van der Waals surface area contributed by atoms with E-state index in [0.29, 0.717) is 18.0 Å². The number of anilines is 1. The minimum atomic E-state index is 0.550. The molecule has 4 unspecified atom stereocenters. The van der Waals surface area contributed by atoms with Crippen molar-refractivity contribution in [2.24, 2.45) is 11.8 Å². The summed E-state index contributed by atoms with van der Waals surface area (Å²) in [6, 6.07) is 28.6. The predicted molar refractivity (Wildman–Crippen MR) is 140 cm³/mol. The van der Waals surface area contributed by atoms with Crippen LogP contribution in [-0.2, 0) is 0 Å². The van der Waals surface area contributed by atoms with Gasteiger partial charge in [0.2, 0.25) is 11.9 Å². The van der Waals surface area contributed by atoms with Crippen molar-refractivity contribution in [3.63, 3.8) is 0 Å². The third kappa shape index (κ3) is 2.90. The maximum absolute atomic E-state index is 5.23. The highest BCUT2D eigenvalue weighted by Gasteiger charge is 2.49. The molecule has 0 amide bonds. The molecule has 2 aliphatic carbocycles. The Kier molecular flexibility index (Phi) is 4.13. The van der Waals surface area contributed by atoms with Crippen molar-refractivity contribution in [3.8, 4) is 17.3 Å². The molecule has 1 aliphatic heterocycles. The number of piperidine rings is 1. The van der Waals surface area contributed by atoms with Crippen LogP contribution in [0.3, 0.4) is 0 Å². The Hall–Kier alpha value is -3.73. The second-order valence-corrected chi connectivity index (χ2v) is 10.5. The van der Waals surface area contributed by atoms with Crippen LogP contribution in [0, 0.1) is 11.8 Å². The van der Waals surface area contributed by atoms with Gasteiger partial charge in [0.25, 0.3) is 0 Å². The van der Waals surface area contributed by atoms with Crippen molar-refractivity contribution < 1.29 is 0 Å². The standard InChI is InChI=1S/C30H27N5/c1-2-8-19(9-3-1)28-31-29(34-22-15-14-20-16-23(34)18-21(20)17-22)33-30(32-28)35-26-12-6-4-10-24(26)25-11-5-7-13-27(25)35/h1-13,20-23H,14-18H2. The Morgan fingerprint density at radius 3 is 1.97 bits per heavy atom. The van der Waals surface area contributed by atoms with Gasteiger partial charge in [-0.2, -0.15) is 15.0 Å². The highest BCUT2D eigenvalue weighted by molar-refractivity contribution is 6.08. The Bertz CT molecular complexity index is 1510. The molecule has 1 saturated heterocycles. The highest BCUT2D eigenvalue weighted by Crippen LogP contribution is 2.51. The van der Waals surface area contributed by atoms with E-state index < -0.39 is 0 Å². The van der Waals surface area contributed by atoms with Crippen molar-refractivity contribution in [1.82, 2.24) is 19.5 Å². The minimum absolute atomic E-state index is 0.550. The van der Waals surface area contributed by atoms with Crippen LogP contribution < -0.4 is 4.90 Å². The van der Waals surface area contributed by atoms with Crippen LogP contribution in [0.1, 0.15) is 32.1 Å². The van der Waals surface area contributed by atoms with Crippen LogP contribution in [0.5, 0.6) is 0 Å². The molecular weight excluding hydrogens is 430 g/mol. The molecule has 3 bridgehead atoms. The van der Waals surface area contributed by atoms with E-state index in [-0.39, 0.29) is 0 Å². The van der Waals surface area contributed by atoms with E-state index in [2.05, 4.69) is 82.3 Å². The lowest BCUT2D eigenvalue weighted by Gasteiger charge is -2.43. The molecule has 3 heterocycles. The van der Waals surface area contributed by atoms with Crippen LogP contribution in [0.4, 0.5) is 5.95 Å². The number of rotatable bonds is 3. The fourth-order valence-electron chi connectivity index (χ4n) is 7.22. The van der Waals surface area contributed by atoms with E-state index >= 15 is 0 Å². The first-order valence-corrected chi connectivity index (χ1v) is 12.9. The molecule has 3 aliphatic rings. The number of nitrogens with zero attached hydrogens (tertiary/aromatic N) is 5. The Morgan fingerprint density at radius 2 is 1.20 bits per heavy atom. The van der Waals surface area contributed by atoms with Crippen molar-refractivity contribution >= 4 is 27.8 Å². The second kappa shape index (κ2) is 7.38. The summed E-state index contributed by atoms with van der Waals surface area (Å²) in [4.78, 5) is 18.0. The van der Waals surface area contributed by atoms with Crippen molar-refractivity contribution in [3.05, 3.63) is 78.9 Å². The lowest BCUT2D eigenvalue weighted by molar-refractivity contribution is 0.233. The summed E-state index contributed by atoms with van der Waals surface area (Å²) < 4.78 is 2.22. The zero-order chi connectivity index (χ0) is 22.9. The summed E-state index contributed by atoms with van der Waals surface area (Å²) in [5, 5.41) is 2.45. The largest absolute Gasteiger partial charge is 0.335 e. The molecule has 0 spiro atoms. The molecule has 3 fully saturated rings. The van der Waals surface area contributed by atoms with Gasteiger partial charge in [0.1, 0.15) is 0 Å². The zero-order valence-electron chi connectivity index (χ0n) is 19.6. The third-order valence-electron chi connectivity index (χ3n) is 8.70. The molecule has 8 rings (SSSR count). The maximum Gasteiger partial charge on any atom is 0.240 e. The molecule has 0 N–H and O–H groups in total. The smallest absolute Gasteiger partial charge is 0.240 e. The summed E-state index contributed by atoms with van der Waals surface area (Å²) in [6.07, 6.45) is 6.49. The van der Waals surface area contributed by atoms with Gasteiger partial charge in [-0.05, 0) is 56.1 Å². The molecule has 0 radical (unpaired) electrons. The van der Waals surface area contributed by atoms with E-state index in [1.165, 1.54) is 42.9 Å². The van der Waals surface area contributed by atoms with Gasteiger partial charge in [0, 0.05) is 28.4 Å². The van der Waals surface area contributed by atoms with Gasteiger partial charge < -0.3 is 4.90 Å². The van der Waals surface area contributed by atoms with Crippen LogP contribution in [0.25, 0.3) is 39.1 Å². The maximum atomic E-state index is 5.23. The van der Waals surface area contributed by atoms with E-state index in [9.17, 15) is 0 Å². The molecule has 4 atom stereocenters. The summed E-state index contributed by atoms with van der Waals surface area (Å²) in [7, 11) is 0. The Balaban J connectivity index is 1.39. The van der Waals surface area contributed by atoms with Crippen LogP contribution in [0.2, 0.25) is 0 Å². The second-order valence-electron chi connectivity index (χ2n) is 10.5. The van der Waals surface area contributed by atoms with Crippen molar-refractivity contribution in [1.29, 1.82) is 0 Å². The average molecular weight is 458 g/mol. The highest BCUT2D eigenvalue weighted by atomic mass is 15.3. The summed E-state index contributed by atoms with van der Waals surface area (Å²) >= 11 is 0. The summed E-state index contributed by atoms with van der Waals surface area (Å²) in [5.41, 5.74) is 3.29. The lowest BCUT2D eigenvalue weighted by Crippen LogP contribution is -2.48. The molecular formula is C30H27N5. The van der Waals surface area contributed by atoms with Crippen LogP contribution in [-0.4, -0.2) is 31.6 Å². The Labute approximate surface area is 204 Å². The van der Waals surface area contributed by atoms with E-state index in [4.69, 9.17) is 15.0 Å². The van der Waals surface area contributed by atoms with Gasteiger partial charge in [0.15, 0.2) is 5.82 Å². The fraction of sp³-hybridized carbons (Fsp3) is 0.300. The van der Waals surface area contributed by atoms with E-state index in [1.807, 2.05) is 6.07 Å². The molecule has 2 saturated carbocycles. The monoisotopic (exact) mass is 457 g/mol. The topological polar surface area (TPSA) is 46.8 Å². The number of hydrogen-bond acceptors (Lipinski definition) is 4. The van der Waals surface area contributed by atoms with E-state index in [0.717, 1.165) is 40.2 Å².